The molecule has 5 heteroatoms. The molecule has 0 saturated carbocycles. The van der Waals surface area contributed by atoms with Crippen molar-refractivity contribution in [3.8, 4) is 11.5 Å². The zero-order valence-corrected chi connectivity index (χ0v) is 12.6. The quantitative estimate of drug-likeness (QED) is 0.804. The number of nitrogens with one attached hydrogen (secondary N) is 1. The summed E-state index contributed by atoms with van der Waals surface area (Å²) in [4.78, 5) is 13.9. The highest BCUT2D eigenvalue weighted by molar-refractivity contribution is 5.78. The molecule has 1 heterocycles. The fourth-order valence-corrected chi connectivity index (χ4v) is 2.52. The maximum Gasteiger partial charge on any atom is 0.234 e. The zero-order valence-electron chi connectivity index (χ0n) is 12.6. The van der Waals surface area contributed by atoms with Crippen molar-refractivity contribution in [2.45, 2.75) is 13.0 Å². The molecular weight excluding hydrogens is 268 g/mol. The van der Waals surface area contributed by atoms with Crippen molar-refractivity contribution in [3.05, 3.63) is 35.9 Å². The Hall–Kier alpha value is -2.01. The normalized spacial score (nSPS) is 14.2. The van der Waals surface area contributed by atoms with Gasteiger partial charge in [-0.3, -0.25) is 9.69 Å². The van der Waals surface area contributed by atoms with Crippen LogP contribution in [0.4, 0.5) is 0 Å². The molecule has 0 fully saturated rings. The van der Waals surface area contributed by atoms with Crippen molar-refractivity contribution in [3.63, 3.8) is 0 Å². The van der Waals surface area contributed by atoms with Gasteiger partial charge >= 0.3 is 0 Å². The summed E-state index contributed by atoms with van der Waals surface area (Å²) in [6, 6.07) is 4.03. The summed E-state index contributed by atoms with van der Waals surface area (Å²) in [6.45, 7) is 6.12. The minimum atomic E-state index is 0.0267. The SMILES string of the molecule is C=CCNC(=O)CN1CCc2cc(OC)c(OC)cc2C1. The molecule has 0 unspecified atom stereocenters. The van der Waals surface area contributed by atoms with Gasteiger partial charge in [0.2, 0.25) is 5.91 Å². The molecule has 1 aliphatic heterocycles. The molecule has 0 aliphatic carbocycles. The molecule has 0 bridgehead atoms. The number of hydrogen-bond acceptors (Lipinski definition) is 4. The fraction of sp³-hybridized carbons (Fsp3) is 0.438. The molecule has 21 heavy (non-hydrogen) atoms. The maximum atomic E-state index is 11.8. The van der Waals surface area contributed by atoms with E-state index in [1.54, 1.807) is 20.3 Å². The van der Waals surface area contributed by atoms with Crippen LogP contribution in [0.25, 0.3) is 0 Å². The van der Waals surface area contributed by atoms with Crippen LogP contribution in [0.5, 0.6) is 11.5 Å². The van der Waals surface area contributed by atoms with Crippen LogP contribution < -0.4 is 14.8 Å². The molecule has 0 aromatic heterocycles. The molecule has 0 spiro atoms. The van der Waals surface area contributed by atoms with Gasteiger partial charge in [-0.1, -0.05) is 6.08 Å². The van der Waals surface area contributed by atoms with E-state index in [2.05, 4.69) is 16.8 Å². The van der Waals surface area contributed by atoms with E-state index in [1.807, 2.05) is 12.1 Å². The second kappa shape index (κ2) is 7.13. The molecule has 1 aliphatic rings. The van der Waals surface area contributed by atoms with Gasteiger partial charge in [-0.05, 0) is 29.7 Å². The molecule has 1 amide bonds. The number of ether oxygens (including phenoxy) is 2. The van der Waals surface area contributed by atoms with Gasteiger partial charge in [0.25, 0.3) is 0 Å². The van der Waals surface area contributed by atoms with Crippen molar-refractivity contribution < 1.29 is 14.3 Å². The third kappa shape index (κ3) is 3.76. The van der Waals surface area contributed by atoms with E-state index in [0.29, 0.717) is 13.1 Å². The fourth-order valence-electron chi connectivity index (χ4n) is 2.52. The number of fused-ring (bicyclic) bond motifs is 1. The lowest BCUT2D eigenvalue weighted by atomic mass is 9.99. The van der Waals surface area contributed by atoms with Crippen LogP contribution in [0.1, 0.15) is 11.1 Å². The molecule has 114 valence electrons. The molecule has 2 rings (SSSR count). The van der Waals surface area contributed by atoms with Gasteiger partial charge in [-0.2, -0.15) is 0 Å². The molecule has 1 aromatic rings. The number of carbonyl (C=O) groups excluding carboxylic acids is 1. The third-order valence-corrected chi connectivity index (χ3v) is 3.61. The van der Waals surface area contributed by atoms with E-state index in [0.717, 1.165) is 31.0 Å². The largest absolute Gasteiger partial charge is 0.493 e. The van der Waals surface area contributed by atoms with Gasteiger partial charge < -0.3 is 14.8 Å². The Labute approximate surface area is 125 Å². The molecule has 0 radical (unpaired) electrons. The highest BCUT2D eigenvalue weighted by atomic mass is 16.5. The molecule has 1 aromatic carbocycles. The summed E-state index contributed by atoms with van der Waals surface area (Å²) in [6.07, 6.45) is 2.59. The van der Waals surface area contributed by atoms with Crippen LogP contribution in [-0.2, 0) is 17.8 Å². The Morgan fingerprint density at radius 2 is 2.00 bits per heavy atom. The number of benzene rings is 1. The van der Waals surface area contributed by atoms with Crippen molar-refractivity contribution >= 4 is 5.91 Å². The lowest BCUT2D eigenvalue weighted by Crippen LogP contribution is -2.39. The average Bonchev–Trinajstić information content (AvgIpc) is 2.51. The molecule has 5 nitrogen and oxygen atoms in total. The topological polar surface area (TPSA) is 50.8 Å². The van der Waals surface area contributed by atoms with E-state index in [1.165, 1.54) is 11.1 Å². The van der Waals surface area contributed by atoms with E-state index in [-0.39, 0.29) is 5.91 Å². The summed E-state index contributed by atoms with van der Waals surface area (Å²) in [5, 5.41) is 2.80. The third-order valence-electron chi connectivity index (χ3n) is 3.61. The van der Waals surface area contributed by atoms with Gasteiger partial charge in [0.15, 0.2) is 11.5 Å². The maximum absolute atomic E-state index is 11.8. The summed E-state index contributed by atoms with van der Waals surface area (Å²) in [5.74, 6) is 1.52. The Morgan fingerprint density at radius 3 is 2.62 bits per heavy atom. The van der Waals surface area contributed by atoms with E-state index in [9.17, 15) is 4.79 Å². The minimum Gasteiger partial charge on any atom is -0.493 e. The van der Waals surface area contributed by atoms with Gasteiger partial charge in [0.1, 0.15) is 0 Å². The Bertz CT molecular complexity index is 528. The Balaban J connectivity index is 2.06. The summed E-state index contributed by atoms with van der Waals surface area (Å²) in [7, 11) is 3.27. The first-order valence-corrected chi connectivity index (χ1v) is 7.01. The highest BCUT2D eigenvalue weighted by Gasteiger charge is 2.20. The monoisotopic (exact) mass is 290 g/mol. The van der Waals surface area contributed by atoms with E-state index >= 15 is 0 Å². The van der Waals surface area contributed by atoms with Crippen LogP contribution in [0.2, 0.25) is 0 Å². The molecule has 0 atom stereocenters. The molecule has 0 saturated heterocycles. The van der Waals surface area contributed by atoms with Crippen LogP contribution in [0.3, 0.4) is 0 Å². The second-order valence-electron chi connectivity index (χ2n) is 5.03. The molecular formula is C16H22N2O3. The van der Waals surface area contributed by atoms with Crippen molar-refractivity contribution in [1.29, 1.82) is 0 Å². The number of rotatable bonds is 6. The smallest absolute Gasteiger partial charge is 0.234 e. The lowest BCUT2D eigenvalue weighted by molar-refractivity contribution is -0.122. The van der Waals surface area contributed by atoms with Crippen molar-refractivity contribution in [1.82, 2.24) is 10.2 Å². The van der Waals surface area contributed by atoms with Gasteiger partial charge in [-0.15, -0.1) is 6.58 Å². The zero-order chi connectivity index (χ0) is 15.2. The number of amides is 1. The minimum absolute atomic E-state index is 0.0267. The van der Waals surface area contributed by atoms with Gasteiger partial charge in [0.05, 0.1) is 20.8 Å². The standard InChI is InChI=1S/C16H22N2O3/c1-4-6-17-16(19)11-18-7-5-12-8-14(20-2)15(21-3)9-13(12)10-18/h4,8-9H,1,5-7,10-11H2,2-3H3,(H,17,19). The summed E-state index contributed by atoms with van der Waals surface area (Å²) in [5.41, 5.74) is 2.45. The van der Waals surface area contributed by atoms with Crippen molar-refractivity contribution in [2.75, 3.05) is 33.9 Å². The predicted octanol–water partition coefficient (Wildman–Crippen LogP) is 1.36. The second-order valence-corrected chi connectivity index (χ2v) is 5.03. The number of hydrogen-bond donors (Lipinski definition) is 1. The predicted molar refractivity (Wildman–Crippen MR) is 81.7 cm³/mol. The van der Waals surface area contributed by atoms with E-state index < -0.39 is 0 Å². The van der Waals surface area contributed by atoms with Crippen LogP contribution in [-0.4, -0.2) is 44.7 Å². The van der Waals surface area contributed by atoms with Crippen molar-refractivity contribution in [2.24, 2.45) is 0 Å². The highest BCUT2D eigenvalue weighted by Crippen LogP contribution is 2.33. The summed E-state index contributed by atoms with van der Waals surface area (Å²) >= 11 is 0. The molecule has 1 N–H and O–H groups in total. The Kier molecular flexibility index (Phi) is 5.22. The number of carbonyl (C=O) groups is 1. The van der Waals surface area contributed by atoms with Crippen LogP contribution in [0, 0.1) is 0 Å². The summed E-state index contributed by atoms with van der Waals surface area (Å²) < 4.78 is 10.7. The van der Waals surface area contributed by atoms with E-state index in [4.69, 9.17) is 9.47 Å². The van der Waals surface area contributed by atoms with Gasteiger partial charge in [0, 0.05) is 19.6 Å². The first-order chi connectivity index (χ1) is 10.2. The first kappa shape index (κ1) is 15.4. The number of methoxy groups -OCH3 is 2. The lowest BCUT2D eigenvalue weighted by Gasteiger charge is -2.28. The van der Waals surface area contributed by atoms with Crippen LogP contribution >= 0.6 is 0 Å². The van der Waals surface area contributed by atoms with Crippen LogP contribution in [0.15, 0.2) is 24.8 Å². The first-order valence-electron chi connectivity index (χ1n) is 7.01. The average molecular weight is 290 g/mol. The number of nitrogens with zero attached hydrogens (tertiary/aromatic N) is 1. The Morgan fingerprint density at radius 1 is 1.33 bits per heavy atom. The van der Waals surface area contributed by atoms with Gasteiger partial charge in [-0.25, -0.2) is 0 Å².